The van der Waals surface area contributed by atoms with E-state index < -0.39 is 29.6 Å². The molecule has 2 unspecified atom stereocenters. The Bertz CT molecular complexity index is 525. The van der Waals surface area contributed by atoms with Crippen molar-refractivity contribution in [2.24, 2.45) is 5.92 Å². The van der Waals surface area contributed by atoms with Crippen molar-refractivity contribution in [1.29, 1.82) is 0 Å². The molecular weight excluding hydrogens is 287 g/mol. The summed E-state index contributed by atoms with van der Waals surface area (Å²) in [6, 6.07) is 0. The number of fused-ring (bicyclic) bond motifs is 1. The van der Waals surface area contributed by atoms with Crippen LogP contribution in [0, 0.1) is 5.92 Å². The van der Waals surface area contributed by atoms with Crippen molar-refractivity contribution in [3.63, 3.8) is 0 Å². The molecule has 0 fully saturated rings. The van der Waals surface area contributed by atoms with Crippen LogP contribution in [0.3, 0.4) is 0 Å². The molecule has 2 rings (SSSR count). The number of aliphatic hydroxyl groups is 1. The Morgan fingerprint density at radius 2 is 2.19 bits per heavy atom. The molecule has 0 aromatic carbocycles. The highest BCUT2D eigenvalue weighted by atomic mass is 19.4. The van der Waals surface area contributed by atoms with Gasteiger partial charge in [0.2, 0.25) is 5.91 Å². The van der Waals surface area contributed by atoms with Gasteiger partial charge in [0.1, 0.15) is 0 Å². The van der Waals surface area contributed by atoms with Crippen LogP contribution >= 0.6 is 0 Å². The number of alkyl halides is 3. The number of rotatable bonds is 3. The van der Waals surface area contributed by atoms with Gasteiger partial charge in [-0.2, -0.15) is 13.2 Å². The Labute approximate surface area is 120 Å². The van der Waals surface area contributed by atoms with Crippen molar-refractivity contribution in [1.82, 2.24) is 14.9 Å². The highest BCUT2D eigenvalue weighted by molar-refractivity contribution is 5.79. The van der Waals surface area contributed by atoms with Crippen molar-refractivity contribution >= 4 is 5.91 Å². The number of aliphatic hydroxyl groups excluding tert-OH is 1. The number of hydrogen-bond donors (Lipinski definition) is 2. The van der Waals surface area contributed by atoms with E-state index in [1.807, 2.05) is 4.57 Å². The van der Waals surface area contributed by atoms with Crippen LogP contribution < -0.4 is 5.32 Å². The minimum absolute atomic E-state index is 0.388. The molecule has 0 radical (unpaired) electrons. The summed E-state index contributed by atoms with van der Waals surface area (Å²) in [5, 5.41) is 11.6. The van der Waals surface area contributed by atoms with E-state index in [-0.39, 0.29) is 0 Å². The summed E-state index contributed by atoms with van der Waals surface area (Å²) in [6.07, 6.45) is -2.87. The van der Waals surface area contributed by atoms with Gasteiger partial charge in [0, 0.05) is 18.4 Å². The summed E-state index contributed by atoms with van der Waals surface area (Å²) in [6.45, 7) is 2.71. The number of carbonyl (C=O) groups excluding carboxylic acids is 1. The number of aromatic nitrogens is 2. The Balaban J connectivity index is 2.02. The van der Waals surface area contributed by atoms with Crippen LogP contribution in [0.5, 0.6) is 0 Å². The second-order valence-corrected chi connectivity index (χ2v) is 5.93. The fourth-order valence-electron chi connectivity index (χ4n) is 2.48. The van der Waals surface area contributed by atoms with Crippen molar-refractivity contribution in [3.05, 3.63) is 18.2 Å². The summed E-state index contributed by atoms with van der Waals surface area (Å²) in [5.41, 5.74) is -0.765. The normalized spacial score (nSPS) is 20.8. The predicted molar refractivity (Wildman–Crippen MR) is 68.3 cm³/mol. The van der Waals surface area contributed by atoms with E-state index in [0.717, 1.165) is 19.5 Å². The molecule has 0 spiro atoms. The quantitative estimate of drug-likeness (QED) is 0.883. The average Bonchev–Trinajstić information content (AvgIpc) is 2.83. The molecule has 1 aromatic heterocycles. The summed E-state index contributed by atoms with van der Waals surface area (Å²) >= 11 is 0. The Hall–Kier alpha value is -1.57. The molecule has 8 heteroatoms. The van der Waals surface area contributed by atoms with E-state index >= 15 is 0 Å². The van der Waals surface area contributed by atoms with Crippen LogP contribution in [0.1, 0.15) is 26.0 Å². The zero-order chi connectivity index (χ0) is 15.8. The lowest BCUT2D eigenvalue weighted by Crippen LogP contribution is -2.59. The Morgan fingerprint density at radius 3 is 2.81 bits per heavy atom. The van der Waals surface area contributed by atoms with Crippen LogP contribution in [0.2, 0.25) is 0 Å². The molecule has 21 heavy (non-hydrogen) atoms. The van der Waals surface area contributed by atoms with Gasteiger partial charge in [0.25, 0.3) is 0 Å². The molecule has 1 aromatic rings. The summed E-state index contributed by atoms with van der Waals surface area (Å²) in [7, 11) is 0. The zero-order valence-corrected chi connectivity index (χ0v) is 11.8. The SMILES string of the molecule is CC(C)(NC(=O)C1CCc2cncn2C1)C(O)C(F)(F)F. The van der Waals surface area contributed by atoms with Gasteiger partial charge < -0.3 is 15.0 Å². The lowest BCUT2D eigenvalue weighted by Gasteiger charge is -2.35. The van der Waals surface area contributed by atoms with Crippen LogP contribution in [-0.4, -0.2) is 38.4 Å². The van der Waals surface area contributed by atoms with Crippen molar-refractivity contribution in [3.8, 4) is 0 Å². The van der Waals surface area contributed by atoms with Gasteiger partial charge in [0.05, 0.1) is 17.8 Å². The van der Waals surface area contributed by atoms with E-state index in [1.165, 1.54) is 0 Å². The minimum atomic E-state index is -4.78. The smallest absolute Gasteiger partial charge is 0.382 e. The molecule has 2 heterocycles. The third-order valence-electron chi connectivity index (χ3n) is 3.77. The maximum absolute atomic E-state index is 12.6. The molecule has 118 valence electrons. The van der Waals surface area contributed by atoms with Crippen LogP contribution in [0.25, 0.3) is 0 Å². The second kappa shape index (κ2) is 5.32. The topological polar surface area (TPSA) is 67.2 Å². The molecule has 1 aliphatic heterocycles. The molecule has 2 N–H and O–H groups in total. The minimum Gasteiger partial charge on any atom is -0.382 e. The maximum Gasteiger partial charge on any atom is 0.416 e. The van der Waals surface area contributed by atoms with Gasteiger partial charge in [-0.05, 0) is 26.7 Å². The van der Waals surface area contributed by atoms with Gasteiger partial charge in [0.15, 0.2) is 6.10 Å². The Morgan fingerprint density at radius 1 is 1.52 bits per heavy atom. The third-order valence-corrected chi connectivity index (χ3v) is 3.77. The molecule has 0 aliphatic carbocycles. The lowest BCUT2D eigenvalue weighted by atomic mass is 9.92. The molecule has 0 saturated heterocycles. The van der Waals surface area contributed by atoms with Gasteiger partial charge in [-0.1, -0.05) is 0 Å². The molecule has 5 nitrogen and oxygen atoms in total. The van der Waals surface area contributed by atoms with Crippen LogP contribution in [0.15, 0.2) is 12.5 Å². The Kier molecular flexibility index (Phi) is 4.01. The van der Waals surface area contributed by atoms with Gasteiger partial charge in [-0.3, -0.25) is 4.79 Å². The van der Waals surface area contributed by atoms with Crippen molar-refractivity contribution in [2.45, 2.75) is 51.1 Å². The number of imidazole rings is 1. The number of halogens is 3. The van der Waals surface area contributed by atoms with E-state index in [2.05, 4.69) is 10.3 Å². The van der Waals surface area contributed by atoms with E-state index in [1.54, 1.807) is 12.5 Å². The third kappa shape index (κ3) is 3.37. The standard InChI is InChI=1S/C13H18F3N3O2/c1-12(2,11(21)13(14,15)16)18-10(20)8-3-4-9-5-17-7-19(9)6-8/h5,7-8,11,21H,3-4,6H2,1-2H3,(H,18,20). The summed E-state index contributed by atoms with van der Waals surface area (Å²) in [4.78, 5) is 16.1. The largest absolute Gasteiger partial charge is 0.416 e. The fraction of sp³-hybridized carbons (Fsp3) is 0.692. The molecule has 0 bridgehead atoms. The molecular formula is C13H18F3N3O2. The van der Waals surface area contributed by atoms with Crippen molar-refractivity contribution in [2.75, 3.05) is 0 Å². The second-order valence-electron chi connectivity index (χ2n) is 5.93. The lowest BCUT2D eigenvalue weighted by molar-refractivity contribution is -0.223. The molecule has 0 saturated carbocycles. The molecule has 1 amide bonds. The van der Waals surface area contributed by atoms with Gasteiger partial charge in [-0.15, -0.1) is 0 Å². The van der Waals surface area contributed by atoms with Gasteiger partial charge >= 0.3 is 6.18 Å². The number of aryl methyl sites for hydroxylation is 1. The number of amides is 1. The van der Waals surface area contributed by atoms with Crippen LogP contribution in [-0.2, 0) is 17.8 Å². The highest BCUT2D eigenvalue weighted by Crippen LogP contribution is 2.29. The monoisotopic (exact) mass is 305 g/mol. The van der Waals surface area contributed by atoms with Crippen LogP contribution in [0.4, 0.5) is 13.2 Å². The van der Waals surface area contributed by atoms with Crippen molar-refractivity contribution < 1.29 is 23.1 Å². The molecule has 1 aliphatic rings. The van der Waals surface area contributed by atoms with E-state index in [9.17, 15) is 23.1 Å². The predicted octanol–water partition coefficient (Wildman–Crippen LogP) is 1.26. The first-order valence-corrected chi connectivity index (χ1v) is 6.67. The average molecular weight is 305 g/mol. The number of nitrogens with one attached hydrogen (secondary N) is 1. The first-order valence-electron chi connectivity index (χ1n) is 6.67. The summed E-state index contributed by atoms with van der Waals surface area (Å²) < 4.78 is 39.6. The number of hydrogen-bond acceptors (Lipinski definition) is 3. The first-order chi connectivity index (χ1) is 9.61. The molecule has 2 atom stereocenters. The summed E-state index contributed by atoms with van der Waals surface area (Å²) in [5.74, 6) is -0.908. The fourth-order valence-corrected chi connectivity index (χ4v) is 2.48. The van der Waals surface area contributed by atoms with E-state index in [0.29, 0.717) is 19.4 Å². The number of carbonyl (C=O) groups is 1. The van der Waals surface area contributed by atoms with Gasteiger partial charge in [-0.25, -0.2) is 4.98 Å². The highest BCUT2D eigenvalue weighted by Gasteiger charge is 2.49. The maximum atomic E-state index is 12.6. The zero-order valence-electron chi connectivity index (χ0n) is 11.8. The van der Waals surface area contributed by atoms with E-state index in [4.69, 9.17) is 0 Å². The number of nitrogens with zero attached hydrogens (tertiary/aromatic N) is 2. The first kappa shape index (κ1) is 15.8.